The van der Waals surface area contributed by atoms with E-state index >= 15 is 0 Å². The van der Waals surface area contributed by atoms with Crippen molar-refractivity contribution < 1.29 is 22.7 Å². The first-order valence-electron chi connectivity index (χ1n) is 12.4. The molecule has 202 valence electrons. The molecule has 0 saturated heterocycles. The van der Waals surface area contributed by atoms with E-state index in [0.29, 0.717) is 17.9 Å². The van der Waals surface area contributed by atoms with E-state index in [4.69, 9.17) is 4.74 Å². The molecular formula is C29H35N3O5S. The smallest absolute Gasteiger partial charge is 0.264 e. The minimum Gasteiger partial charge on any atom is -0.497 e. The Bertz CT molecular complexity index is 1340. The predicted octanol–water partition coefficient (Wildman–Crippen LogP) is 4.06. The standard InChI is InChI=1S/C29H35N3O5S/c1-6-27(29(34)30-4)31(19-23-12-14-25(37-5)15-13-23)28(33)20-32(24-17-21(2)16-22(3)18-24)38(35,36)26-10-8-7-9-11-26/h7-18,27H,6,19-20H2,1-5H3,(H,30,34)/t27-/m0/s1. The number of amides is 2. The minimum absolute atomic E-state index is 0.0759. The van der Waals surface area contributed by atoms with E-state index in [2.05, 4.69) is 5.32 Å². The van der Waals surface area contributed by atoms with Crippen molar-refractivity contribution in [3.05, 3.63) is 89.5 Å². The van der Waals surface area contributed by atoms with Crippen LogP contribution in [-0.2, 0) is 26.2 Å². The second-order valence-electron chi connectivity index (χ2n) is 9.08. The molecule has 2 amide bonds. The molecule has 9 heteroatoms. The molecule has 3 rings (SSSR count). The topological polar surface area (TPSA) is 96.0 Å². The lowest BCUT2D eigenvalue weighted by atomic mass is 10.1. The first-order valence-corrected chi connectivity index (χ1v) is 13.8. The normalized spacial score (nSPS) is 11.9. The Balaban J connectivity index is 2.07. The van der Waals surface area contributed by atoms with Gasteiger partial charge in [-0.3, -0.25) is 13.9 Å². The molecule has 0 heterocycles. The molecule has 0 saturated carbocycles. The molecule has 38 heavy (non-hydrogen) atoms. The summed E-state index contributed by atoms with van der Waals surface area (Å²) in [6.45, 7) is 5.22. The molecule has 3 aromatic rings. The van der Waals surface area contributed by atoms with E-state index in [0.717, 1.165) is 21.0 Å². The largest absolute Gasteiger partial charge is 0.497 e. The summed E-state index contributed by atoms with van der Waals surface area (Å²) in [5.41, 5.74) is 2.91. The fourth-order valence-electron chi connectivity index (χ4n) is 4.36. The van der Waals surface area contributed by atoms with E-state index in [-0.39, 0.29) is 17.3 Å². The number of likely N-dealkylation sites (N-methyl/N-ethyl adjacent to an activating group) is 1. The molecule has 0 bridgehead atoms. The van der Waals surface area contributed by atoms with Gasteiger partial charge in [0.1, 0.15) is 18.3 Å². The van der Waals surface area contributed by atoms with Gasteiger partial charge < -0.3 is 15.0 Å². The number of sulfonamides is 1. The number of nitrogens with zero attached hydrogens (tertiary/aromatic N) is 2. The SMILES string of the molecule is CC[C@@H](C(=O)NC)N(Cc1ccc(OC)cc1)C(=O)CN(c1cc(C)cc(C)c1)S(=O)(=O)c1ccccc1. The number of methoxy groups -OCH3 is 1. The van der Waals surface area contributed by atoms with Crippen molar-refractivity contribution in [1.29, 1.82) is 0 Å². The molecule has 0 aliphatic carbocycles. The van der Waals surface area contributed by atoms with E-state index in [1.807, 2.05) is 39.0 Å². The highest BCUT2D eigenvalue weighted by Gasteiger charge is 2.33. The Morgan fingerprint density at radius 2 is 1.55 bits per heavy atom. The van der Waals surface area contributed by atoms with Crippen LogP contribution in [0.3, 0.4) is 0 Å². The van der Waals surface area contributed by atoms with Crippen LogP contribution in [0.4, 0.5) is 5.69 Å². The number of ether oxygens (including phenoxy) is 1. The highest BCUT2D eigenvalue weighted by Crippen LogP contribution is 2.27. The molecule has 0 spiro atoms. The maximum Gasteiger partial charge on any atom is 0.264 e. The number of anilines is 1. The van der Waals surface area contributed by atoms with E-state index in [9.17, 15) is 18.0 Å². The van der Waals surface area contributed by atoms with Gasteiger partial charge in [-0.2, -0.15) is 0 Å². The molecule has 0 unspecified atom stereocenters. The average Bonchev–Trinajstić information content (AvgIpc) is 2.91. The van der Waals surface area contributed by atoms with Crippen molar-refractivity contribution in [3.63, 3.8) is 0 Å². The van der Waals surface area contributed by atoms with Crippen molar-refractivity contribution in [2.75, 3.05) is 25.0 Å². The number of hydrogen-bond acceptors (Lipinski definition) is 5. The Morgan fingerprint density at radius 1 is 0.947 bits per heavy atom. The maximum atomic E-state index is 13.9. The van der Waals surface area contributed by atoms with Crippen molar-refractivity contribution in [1.82, 2.24) is 10.2 Å². The van der Waals surface area contributed by atoms with Crippen molar-refractivity contribution in [2.24, 2.45) is 0 Å². The Labute approximate surface area is 225 Å². The van der Waals surface area contributed by atoms with Crippen LogP contribution >= 0.6 is 0 Å². The number of nitrogens with one attached hydrogen (secondary N) is 1. The van der Waals surface area contributed by atoms with Crippen LogP contribution in [0, 0.1) is 13.8 Å². The summed E-state index contributed by atoms with van der Waals surface area (Å²) in [6.07, 6.45) is 0.358. The fraction of sp³-hybridized carbons (Fsp3) is 0.310. The number of rotatable bonds is 11. The molecule has 1 atom stereocenters. The third kappa shape index (κ3) is 6.72. The molecule has 0 aliphatic heterocycles. The Hall–Kier alpha value is -3.85. The van der Waals surface area contributed by atoms with Gasteiger partial charge in [-0.05, 0) is 73.4 Å². The lowest BCUT2D eigenvalue weighted by molar-refractivity contribution is -0.140. The molecule has 1 N–H and O–H groups in total. The predicted molar refractivity (Wildman–Crippen MR) is 149 cm³/mol. The lowest BCUT2D eigenvalue weighted by Gasteiger charge is -2.33. The average molecular weight is 538 g/mol. The first-order chi connectivity index (χ1) is 18.1. The summed E-state index contributed by atoms with van der Waals surface area (Å²) < 4.78 is 34.0. The van der Waals surface area contributed by atoms with Crippen LogP contribution in [0.25, 0.3) is 0 Å². The zero-order valence-corrected chi connectivity index (χ0v) is 23.3. The van der Waals surface area contributed by atoms with E-state index < -0.39 is 28.5 Å². The van der Waals surface area contributed by atoms with Gasteiger partial charge in [-0.1, -0.05) is 43.3 Å². The zero-order chi connectivity index (χ0) is 27.9. The lowest BCUT2D eigenvalue weighted by Crippen LogP contribution is -2.51. The first kappa shape index (κ1) is 28.7. The van der Waals surface area contributed by atoms with Crippen LogP contribution in [-0.4, -0.2) is 51.9 Å². The highest BCUT2D eigenvalue weighted by atomic mass is 32.2. The van der Waals surface area contributed by atoms with Crippen LogP contribution in [0.5, 0.6) is 5.75 Å². The monoisotopic (exact) mass is 537 g/mol. The summed E-state index contributed by atoms with van der Waals surface area (Å²) in [5, 5.41) is 2.63. The number of benzene rings is 3. The van der Waals surface area contributed by atoms with Crippen LogP contribution < -0.4 is 14.4 Å². The van der Waals surface area contributed by atoms with Gasteiger partial charge in [-0.25, -0.2) is 8.42 Å². The second-order valence-corrected chi connectivity index (χ2v) is 10.9. The van der Waals surface area contributed by atoms with Crippen molar-refractivity contribution in [2.45, 2.75) is 44.7 Å². The summed E-state index contributed by atoms with van der Waals surface area (Å²) in [5.74, 6) is -0.145. The molecule has 0 aromatic heterocycles. The fourth-order valence-corrected chi connectivity index (χ4v) is 5.78. The minimum atomic E-state index is -4.09. The number of carbonyl (C=O) groups excluding carboxylic acids is 2. The zero-order valence-electron chi connectivity index (χ0n) is 22.5. The van der Waals surface area contributed by atoms with Crippen molar-refractivity contribution in [3.8, 4) is 5.75 Å². The van der Waals surface area contributed by atoms with Gasteiger partial charge in [-0.15, -0.1) is 0 Å². The summed E-state index contributed by atoms with van der Waals surface area (Å²) in [7, 11) is -1.00. The van der Waals surface area contributed by atoms with Crippen LogP contribution in [0.1, 0.15) is 30.0 Å². The van der Waals surface area contributed by atoms with Gasteiger partial charge >= 0.3 is 0 Å². The van der Waals surface area contributed by atoms with Crippen molar-refractivity contribution >= 4 is 27.5 Å². The highest BCUT2D eigenvalue weighted by molar-refractivity contribution is 7.92. The number of hydrogen-bond donors (Lipinski definition) is 1. The van der Waals surface area contributed by atoms with Gasteiger partial charge in [0.25, 0.3) is 10.0 Å². The summed E-state index contributed by atoms with van der Waals surface area (Å²) in [6, 6.07) is 19.9. The summed E-state index contributed by atoms with van der Waals surface area (Å²) in [4.78, 5) is 28.2. The van der Waals surface area contributed by atoms with Crippen LogP contribution in [0.2, 0.25) is 0 Å². The summed E-state index contributed by atoms with van der Waals surface area (Å²) >= 11 is 0. The molecule has 0 aliphatic rings. The number of carbonyl (C=O) groups is 2. The molecule has 3 aromatic carbocycles. The Morgan fingerprint density at radius 3 is 2.08 bits per heavy atom. The quantitative estimate of drug-likeness (QED) is 0.398. The number of aryl methyl sites for hydroxylation is 2. The van der Waals surface area contributed by atoms with Gasteiger partial charge in [0.05, 0.1) is 17.7 Å². The van der Waals surface area contributed by atoms with Gasteiger partial charge in [0, 0.05) is 13.6 Å². The Kier molecular flexibility index (Phi) is 9.52. The molecule has 8 nitrogen and oxygen atoms in total. The van der Waals surface area contributed by atoms with Gasteiger partial charge in [0.15, 0.2) is 0 Å². The maximum absolute atomic E-state index is 13.9. The molecular weight excluding hydrogens is 502 g/mol. The van der Waals surface area contributed by atoms with Crippen LogP contribution in [0.15, 0.2) is 77.7 Å². The molecule has 0 fully saturated rings. The second kappa shape index (κ2) is 12.6. The third-order valence-corrected chi connectivity index (χ3v) is 8.04. The van der Waals surface area contributed by atoms with E-state index in [1.54, 1.807) is 49.6 Å². The van der Waals surface area contributed by atoms with E-state index in [1.165, 1.54) is 24.1 Å². The molecule has 0 radical (unpaired) electrons. The third-order valence-electron chi connectivity index (χ3n) is 6.25. The van der Waals surface area contributed by atoms with Gasteiger partial charge in [0.2, 0.25) is 11.8 Å².